The monoisotopic (exact) mass is 233 g/mol. The number of rotatable bonds is 4. The van der Waals surface area contributed by atoms with Gasteiger partial charge in [0.2, 0.25) is 0 Å². The van der Waals surface area contributed by atoms with E-state index in [-0.39, 0.29) is 5.91 Å². The van der Waals surface area contributed by atoms with Gasteiger partial charge in [-0.25, -0.2) is 9.98 Å². The summed E-state index contributed by atoms with van der Waals surface area (Å²) in [5, 5.41) is 0. The van der Waals surface area contributed by atoms with E-state index < -0.39 is 0 Å². The van der Waals surface area contributed by atoms with Crippen LogP contribution in [0.2, 0.25) is 0 Å². The molecule has 0 atom stereocenters. The quantitative estimate of drug-likeness (QED) is 0.720. The number of carbonyl (C=O) groups is 1. The summed E-state index contributed by atoms with van der Waals surface area (Å²) in [6.07, 6.45) is 5.83. The minimum Gasteiger partial charge on any atom is -0.383 e. The molecule has 0 saturated carbocycles. The predicted octanol–water partition coefficient (Wildman–Crippen LogP) is 0.788. The molecule has 0 spiro atoms. The molecule has 2 heterocycles. The number of amidine groups is 1. The fourth-order valence-electron chi connectivity index (χ4n) is 1.71. The lowest BCUT2D eigenvalue weighted by Crippen LogP contribution is -2.31. The lowest BCUT2D eigenvalue weighted by atomic mass is 10.0. The van der Waals surface area contributed by atoms with Crippen LogP contribution < -0.4 is 0 Å². The standard InChI is InChI=1S/C12H15N3O2/c1-15(5-6-17-2)12(16)10-7-9-3-4-13-11(9)14-8-10/h3-4,8H,5-7H2,1-2H3. The Bertz CT molecular complexity index is 447. The Morgan fingerprint density at radius 2 is 2.41 bits per heavy atom. The highest BCUT2D eigenvalue weighted by Gasteiger charge is 2.22. The molecule has 0 aliphatic carbocycles. The lowest BCUT2D eigenvalue weighted by molar-refractivity contribution is -0.126. The summed E-state index contributed by atoms with van der Waals surface area (Å²) in [4.78, 5) is 22.0. The van der Waals surface area contributed by atoms with E-state index in [0.29, 0.717) is 25.1 Å². The van der Waals surface area contributed by atoms with Crippen LogP contribution in [0.25, 0.3) is 0 Å². The highest BCUT2D eigenvalue weighted by Crippen LogP contribution is 2.22. The van der Waals surface area contributed by atoms with Crippen molar-refractivity contribution in [1.29, 1.82) is 0 Å². The van der Waals surface area contributed by atoms with E-state index in [0.717, 1.165) is 11.4 Å². The van der Waals surface area contributed by atoms with E-state index >= 15 is 0 Å². The van der Waals surface area contributed by atoms with Crippen molar-refractivity contribution in [2.24, 2.45) is 9.98 Å². The van der Waals surface area contributed by atoms with Gasteiger partial charge in [-0.15, -0.1) is 0 Å². The molecule has 90 valence electrons. The van der Waals surface area contributed by atoms with Crippen molar-refractivity contribution < 1.29 is 9.53 Å². The van der Waals surface area contributed by atoms with Gasteiger partial charge in [0.15, 0.2) is 5.84 Å². The van der Waals surface area contributed by atoms with E-state index in [9.17, 15) is 4.79 Å². The highest BCUT2D eigenvalue weighted by atomic mass is 16.5. The lowest BCUT2D eigenvalue weighted by Gasteiger charge is -2.19. The average molecular weight is 233 g/mol. The first-order chi connectivity index (χ1) is 8.22. The summed E-state index contributed by atoms with van der Waals surface area (Å²) in [5.74, 6) is 0.721. The molecule has 2 aliphatic rings. The number of methoxy groups -OCH3 is 1. The molecule has 0 saturated heterocycles. The molecule has 5 heteroatoms. The van der Waals surface area contributed by atoms with Crippen molar-refractivity contribution >= 4 is 18.0 Å². The number of fused-ring (bicyclic) bond motifs is 1. The van der Waals surface area contributed by atoms with Gasteiger partial charge >= 0.3 is 0 Å². The van der Waals surface area contributed by atoms with E-state index in [1.165, 1.54) is 0 Å². The fourth-order valence-corrected chi connectivity index (χ4v) is 1.71. The number of hydrogen-bond donors (Lipinski definition) is 0. The summed E-state index contributed by atoms with van der Waals surface area (Å²) in [6, 6.07) is 0. The van der Waals surface area contributed by atoms with Gasteiger partial charge in [-0.3, -0.25) is 4.79 Å². The molecule has 1 amide bonds. The van der Waals surface area contributed by atoms with Crippen LogP contribution >= 0.6 is 0 Å². The molecule has 0 radical (unpaired) electrons. The Balaban J connectivity index is 2.02. The molecule has 0 aromatic rings. The number of likely N-dealkylation sites (N-methyl/N-ethyl adjacent to an activating group) is 1. The van der Waals surface area contributed by atoms with E-state index in [4.69, 9.17) is 4.74 Å². The summed E-state index contributed by atoms with van der Waals surface area (Å²) < 4.78 is 4.95. The van der Waals surface area contributed by atoms with Crippen molar-refractivity contribution in [1.82, 2.24) is 4.90 Å². The molecular weight excluding hydrogens is 218 g/mol. The second-order valence-electron chi connectivity index (χ2n) is 3.97. The minimum atomic E-state index is -0.00218. The van der Waals surface area contributed by atoms with Crippen molar-refractivity contribution in [3.8, 4) is 0 Å². The summed E-state index contributed by atoms with van der Waals surface area (Å²) in [6.45, 7) is 1.12. The molecule has 0 unspecified atom stereocenters. The van der Waals surface area contributed by atoms with Crippen LogP contribution in [0.1, 0.15) is 6.42 Å². The average Bonchev–Trinajstić information content (AvgIpc) is 2.81. The maximum Gasteiger partial charge on any atom is 0.251 e. The highest BCUT2D eigenvalue weighted by molar-refractivity contribution is 6.13. The second kappa shape index (κ2) is 5.05. The first kappa shape index (κ1) is 11.7. The van der Waals surface area contributed by atoms with E-state index in [1.807, 2.05) is 6.08 Å². The zero-order chi connectivity index (χ0) is 12.3. The number of aliphatic imine (C=N–C) groups is 2. The summed E-state index contributed by atoms with van der Waals surface area (Å²) in [7, 11) is 3.39. The molecule has 0 fully saturated rings. The Hall–Kier alpha value is -1.75. The van der Waals surface area contributed by atoms with Gasteiger partial charge in [0.1, 0.15) is 0 Å². The number of nitrogens with zero attached hydrogens (tertiary/aromatic N) is 3. The molecular formula is C12H15N3O2. The van der Waals surface area contributed by atoms with Gasteiger partial charge in [0.05, 0.1) is 6.61 Å². The Morgan fingerprint density at radius 3 is 3.18 bits per heavy atom. The van der Waals surface area contributed by atoms with Crippen LogP contribution in [0.4, 0.5) is 0 Å². The van der Waals surface area contributed by atoms with Crippen molar-refractivity contribution in [3.05, 3.63) is 23.4 Å². The molecule has 0 aromatic carbocycles. The summed E-state index contributed by atoms with van der Waals surface area (Å²) >= 11 is 0. The Morgan fingerprint density at radius 1 is 1.59 bits per heavy atom. The van der Waals surface area contributed by atoms with Crippen molar-refractivity contribution in [3.63, 3.8) is 0 Å². The smallest absolute Gasteiger partial charge is 0.251 e. The largest absolute Gasteiger partial charge is 0.383 e. The van der Waals surface area contributed by atoms with Gasteiger partial charge in [-0.05, 0) is 6.08 Å². The Kier molecular flexibility index (Phi) is 3.49. The molecule has 0 aromatic heterocycles. The second-order valence-corrected chi connectivity index (χ2v) is 3.97. The summed E-state index contributed by atoms with van der Waals surface area (Å²) in [5.41, 5.74) is 1.71. The molecule has 5 nitrogen and oxygen atoms in total. The first-order valence-corrected chi connectivity index (χ1v) is 5.47. The number of amides is 1. The maximum absolute atomic E-state index is 12.1. The normalized spacial score (nSPS) is 17.2. The maximum atomic E-state index is 12.1. The van der Waals surface area contributed by atoms with Gasteiger partial charge in [-0.2, -0.15) is 0 Å². The molecule has 17 heavy (non-hydrogen) atoms. The molecule has 0 N–H and O–H groups in total. The zero-order valence-corrected chi connectivity index (χ0v) is 10.0. The zero-order valence-electron chi connectivity index (χ0n) is 10.0. The van der Waals surface area contributed by atoms with Gasteiger partial charge < -0.3 is 9.64 Å². The van der Waals surface area contributed by atoms with Gasteiger partial charge in [0.25, 0.3) is 5.91 Å². The SMILES string of the molecule is COCCN(C)C(=O)C1=CN=C2N=CC=C2C1. The number of ether oxygens (including phenoxy) is 1. The Labute approximate surface area is 100 Å². The number of carbonyl (C=O) groups excluding carboxylic acids is 1. The van der Waals surface area contributed by atoms with Crippen LogP contribution in [0, 0.1) is 0 Å². The van der Waals surface area contributed by atoms with Crippen LogP contribution in [0.15, 0.2) is 33.4 Å². The molecule has 2 rings (SSSR count). The van der Waals surface area contributed by atoms with Crippen LogP contribution in [-0.4, -0.2) is 50.2 Å². The van der Waals surface area contributed by atoms with Crippen LogP contribution in [-0.2, 0) is 9.53 Å². The molecule has 0 bridgehead atoms. The van der Waals surface area contributed by atoms with Crippen LogP contribution in [0.3, 0.4) is 0 Å². The first-order valence-electron chi connectivity index (χ1n) is 5.47. The van der Waals surface area contributed by atoms with Gasteiger partial charge in [-0.1, -0.05) is 0 Å². The van der Waals surface area contributed by atoms with Gasteiger partial charge in [0, 0.05) is 50.7 Å². The van der Waals surface area contributed by atoms with Crippen LogP contribution in [0.5, 0.6) is 0 Å². The van der Waals surface area contributed by atoms with Crippen molar-refractivity contribution in [2.75, 3.05) is 27.3 Å². The van der Waals surface area contributed by atoms with E-state index in [2.05, 4.69) is 9.98 Å². The topological polar surface area (TPSA) is 54.3 Å². The minimum absolute atomic E-state index is 0.00218. The third kappa shape index (κ3) is 2.50. The number of hydrogen-bond acceptors (Lipinski definition) is 4. The fraction of sp³-hybridized carbons (Fsp3) is 0.417. The third-order valence-electron chi connectivity index (χ3n) is 2.74. The third-order valence-corrected chi connectivity index (χ3v) is 2.74. The van der Waals surface area contributed by atoms with Crippen molar-refractivity contribution in [2.45, 2.75) is 6.42 Å². The van der Waals surface area contributed by atoms with E-state index in [1.54, 1.807) is 31.5 Å². The number of allylic oxidation sites excluding steroid dienone is 1. The molecule has 2 aliphatic heterocycles. The predicted molar refractivity (Wildman–Crippen MR) is 66.2 cm³/mol.